The van der Waals surface area contributed by atoms with Crippen molar-refractivity contribution in [1.82, 2.24) is 9.88 Å². The lowest BCUT2D eigenvalue weighted by atomic mass is 10.1. The van der Waals surface area contributed by atoms with E-state index in [0.29, 0.717) is 11.3 Å². The van der Waals surface area contributed by atoms with E-state index < -0.39 is 11.3 Å². The monoisotopic (exact) mass is 366 g/mol. The molecule has 138 valence electrons. The Morgan fingerprint density at radius 1 is 1.33 bits per heavy atom. The van der Waals surface area contributed by atoms with Crippen molar-refractivity contribution in [1.29, 1.82) is 5.26 Å². The summed E-state index contributed by atoms with van der Waals surface area (Å²) in [6.07, 6.45) is 1.32. The summed E-state index contributed by atoms with van der Waals surface area (Å²) in [5.41, 5.74) is 0.602. The Hall–Kier alpha value is -3.60. The highest BCUT2D eigenvalue weighted by Gasteiger charge is 2.34. The van der Waals surface area contributed by atoms with Crippen molar-refractivity contribution in [3.8, 4) is 11.8 Å². The van der Waals surface area contributed by atoms with E-state index >= 15 is 0 Å². The number of rotatable bonds is 3. The molecule has 1 N–H and O–H groups in total. The smallest absolute Gasteiger partial charge is 0.271 e. The van der Waals surface area contributed by atoms with Crippen LogP contribution in [0.5, 0.6) is 5.75 Å². The maximum absolute atomic E-state index is 12.8. The zero-order valence-electron chi connectivity index (χ0n) is 14.9. The van der Waals surface area contributed by atoms with Gasteiger partial charge in [-0.1, -0.05) is 12.1 Å². The molecule has 0 saturated carbocycles. The number of methoxy groups -OCH3 is 1. The van der Waals surface area contributed by atoms with Gasteiger partial charge in [0.1, 0.15) is 18.3 Å². The molecule has 1 aliphatic heterocycles. The van der Waals surface area contributed by atoms with Gasteiger partial charge in [-0.3, -0.25) is 14.4 Å². The first-order chi connectivity index (χ1) is 13.0. The minimum atomic E-state index is -0.441. The molecular weight excluding hydrogens is 348 g/mol. The van der Waals surface area contributed by atoms with Crippen LogP contribution in [0.2, 0.25) is 0 Å². The van der Waals surface area contributed by atoms with Crippen molar-refractivity contribution in [2.45, 2.75) is 13.0 Å². The molecular formula is C19H18N4O4. The minimum absolute atomic E-state index is 0.0892. The highest BCUT2D eigenvalue weighted by Crippen LogP contribution is 2.24. The van der Waals surface area contributed by atoms with Crippen LogP contribution >= 0.6 is 0 Å². The number of hydrogen-bond donors (Lipinski definition) is 1. The quantitative estimate of drug-likeness (QED) is 0.876. The zero-order chi connectivity index (χ0) is 19.6. The Labute approximate surface area is 155 Å². The second-order valence-corrected chi connectivity index (χ2v) is 6.19. The third kappa shape index (κ3) is 3.40. The molecule has 2 amide bonds. The van der Waals surface area contributed by atoms with Crippen LogP contribution in [0.15, 0.2) is 41.3 Å². The summed E-state index contributed by atoms with van der Waals surface area (Å²) in [6, 6.07) is 9.79. The number of carbonyl (C=O) groups is 2. The lowest BCUT2D eigenvalue weighted by molar-refractivity contribution is -0.121. The Kier molecular flexibility index (Phi) is 4.94. The molecule has 0 aliphatic carbocycles. The van der Waals surface area contributed by atoms with E-state index in [1.165, 1.54) is 23.1 Å². The molecule has 1 saturated heterocycles. The van der Waals surface area contributed by atoms with Crippen LogP contribution in [0.1, 0.15) is 23.0 Å². The number of nitriles is 1. The van der Waals surface area contributed by atoms with Gasteiger partial charge in [0, 0.05) is 24.8 Å². The minimum Gasteiger partial charge on any atom is -0.491 e. The second-order valence-electron chi connectivity index (χ2n) is 6.19. The standard InChI is InChI=1S/C19H18N4O4/c1-12-10-23(15-6-4-3-5-13(15)8-20)18(25)11-22(12)19(26)14-7-16(24)17(27-2)9-21-14/h3-7,9,12H,10-11H2,1-2H3,(H,21,24). The molecule has 2 aromatic rings. The molecule has 1 aromatic carbocycles. The third-order valence-corrected chi connectivity index (χ3v) is 4.49. The highest BCUT2D eigenvalue weighted by atomic mass is 16.5. The van der Waals surface area contributed by atoms with Crippen molar-refractivity contribution < 1.29 is 14.3 Å². The van der Waals surface area contributed by atoms with Crippen LogP contribution in [-0.4, -0.2) is 47.9 Å². The van der Waals surface area contributed by atoms with Gasteiger partial charge in [-0.2, -0.15) is 5.26 Å². The number of H-pyrrole nitrogens is 1. The molecule has 2 heterocycles. The summed E-state index contributed by atoms with van der Waals surface area (Å²) in [4.78, 5) is 43.0. The Balaban J connectivity index is 1.84. The van der Waals surface area contributed by atoms with E-state index in [1.54, 1.807) is 24.3 Å². The average molecular weight is 366 g/mol. The van der Waals surface area contributed by atoms with Gasteiger partial charge in [0.05, 0.1) is 18.4 Å². The van der Waals surface area contributed by atoms with Crippen molar-refractivity contribution in [2.24, 2.45) is 0 Å². The highest BCUT2D eigenvalue weighted by molar-refractivity contribution is 6.01. The van der Waals surface area contributed by atoms with Crippen LogP contribution in [0, 0.1) is 11.3 Å². The molecule has 27 heavy (non-hydrogen) atoms. The first-order valence-electron chi connectivity index (χ1n) is 8.33. The normalized spacial score (nSPS) is 16.8. The maximum Gasteiger partial charge on any atom is 0.271 e. The number of benzene rings is 1. The summed E-state index contributed by atoms with van der Waals surface area (Å²) in [5, 5.41) is 9.26. The zero-order valence-corrected chi connectivity index (χ0v) is 14.9. The van der Waals surface area contributed by atoms with E-state index in [4.69, 9.17) is 4.74 Å². The molecule has 1 aromatic heterocycles. The maximum atomic E-state index is 12.8. The molecule has 1 fully saturated rings. The van der Waals surface area contributed by atoms with Crippen molar-refractivity contribution >= 4 is 17.5 Å². The number of carbonyl (C=O) groups excluding carboxylic acids is 2. The predicted molar refractivity (Wildman–Crippen MR) is 97.6 cm³/mol. The predicted octanol–water partition coefficient (Wildman–Crippen LogP) is 1.13. The molecule has 8 heteroatoms. The summed E-state index contributed by atoms with van der Waals surface area (Å²) in [7, 11) is 1.37. The molecule has 1 aliphatic rings. The van der Waals surface area contributed by atoms with Crippen molar-refractivity contribution in [3.05, 3.63) is 58.0 Å². The summed E-state index contributed by atoms with van der Waals surface area (Å²) >= 11 is 0. The third-order valence-electron chi connectivity index (χ3n) is 4.49. The largest absolute Gasteiger partial charge is 0.491 e. The number of nitrogens with one attached hydrogen (secondary N) is 1. The van der Waals surface area contributed by atoms with E-state index in [2.05, 4.69) is 11.1 Å². The van der Waals surface area contributed by atoms with E-state index in [-0.39, 0.29) is 36.5 Å². The Bertz CT molecular complexity index is 992. The number of pyridine rings is 1. The molecule has 0 radical (unpaired) electrons. The summed E-state index contributed by atoms with van der Waals surface area (Å²) < 4.78 is 4.89. The van der Waals surface area contributed by atoms with Gasteiger partial charge in [0.2, 0.25) is 11.3 Å². The van der Waals surface area contributed by atoms with Crippen LogP contribution in [0.4, 0.5) is 5.69 Å². The fourth-order valence-electron chi connectivity index (χ4n) is 3.06. The second kappa shape index (κ2) is 7.33. The Morgan fingerprint density at radius 2 is 2.07 bits per heavy atom. The van der Waals surface area contributed by atoms with Gasteiger partial charge in [0.15, 0.2) is 5.75 Å². The number of para-hydroxylation sites is 1. The summed E-state index contributed by atoms with van der Waals surface area (Å²) in [6.45, 7) is 1.92. The van der Waals surface area contributed by atoms with Crippen LogP contribution in [0.3, 0.4) is 0 Å². The van der Waals surface area contributed by atoms with Crippen LogP contribution in [0.25, 0.3) is 0 Å². The first-order valence-corrected chi connectivity index (χ1v) is 8.33. The molecule has 1 unspecified atom stereocenters. The SMILES string of the molecule is COc1c[nH]c(C(=O)N2CC(=O)N(c3ccccc3C#N)CC2C)cc1=O. The van der Waals surface area contributed by atoms with Crippen molar-refractivity contribution in [3.63, 3.8) is 0 Å². The average Bonchev–Trinajstić information content (AvgIpc) is 2.68. The Morgan fingerprint density at radius 3 is 2.74 bits per heavy atom. The summed E-state index contributed by atoms with van der Waals surface area (Å²) in [5.74, 6) is -0.627. The number of ether oxygens (including phenoxy) is 1. The van der Waals surface area contributed by atoms with E-state index in [0.717, 1.165) is 6.07 Å². The lowest BCUT2D eigenvalue weighted by Gasteiger charge is -2.39. The van der Waals surface area contributed by atoms with Crippen LogP contribution in [-0.2, 0) is 4.79 Å². The van der Waals surface area contributed by atoms with Gasteiger partial charge in [-0.15, -0.1) is 0 Å². The van der Waals surface area contributed by atoms with E-state index in [9.17, 15) is 19.6 Å². The van der Waals surface area contributed by atoms with Gasteiger partial charge in [0.25, 0.3) is 5.91 Å². The molecule has 0 spiro atoms. The van der Waals surface area contributed by atoms with Gasteiger partial charge >= 0.3 is 0 Å². The number of aromatic amines is 1. The van der Waals surface area contributed by atoms with Crippen molar-refractivity contribution in [2.75, 3.05) is 25.1 Å². The number of piperazine rings is 1. The molecule has 3 rings (SSSR count). The topological polar surface area (TPSA) is 106 Å². The lowest BCUT2D eigenvalue weighted by Crippen LogP contribution is -2.57. The number of nitrogens with zero attached hydrogens (tertiary/aromatic N) is 3. The first kappa shape index (κ1) is 18.2. The number of hydrogen-bond acceptors (Lipinski definition) is 5. The number of anilines is 1. The van der Waals surface area contributed by atoms with Crippen LogP contribution < -0.4 is 15.1 Å². The van der Waals surface area contributed by atoms with E-state index in [1.807, 2.05) is 6.92 Å². The molecule has 0 bridgehead atoms. The molecule has 8 nitrogen and oxygen atoms in total. The fourth-order valence-corrected chi connectivity index (χ4v) is 3.06. The number of amides is 2. The number of aromatic nitrogens is 1. The van der Waals surface area contributed by atoms with Gasteiger partial charge in [-0.25, -0.2) is 0 Å². The van der Waals surface area contributed by atoms with Gasteiger partial charge in [-0.05, 0) is 19.1 Å². The molecule has 1 atom stereocenters. The van der Waals surface area contributed by atoms with Gasteiger partial charge < -0.3 is 19.5 Å². The fraction of sp³-hybridized carbons (Fsp3) is 0.263.